The molecule has 2 saturated heterocycles. The maximum atomic E-state index is 12.1. The Morgan fingerprint density at radius 2 is 1.95 bits per heavy atom. The summed E-state index contributed by atoms with van der Waals surface area (Å²) < 4.78 is 16.8. The molecular formula is C29H34Cl2N6O4. The summed E-state index contributed by atoms with van der Waals surface area (Å²) in [5.41, 5.74) is 1.64. The first-order valence-electron chi connectivity index (χ1n) is 13.5. The zero-order chi connectivity index (χ0) is 29.1. The van der Waals surface area contributed by atoms with Gasteiger partial charge in [-0.3, -0.25) is 4.79 Å². The zero-order valence-corrected chi connectivity index (χ0v) is 24.9. The van der Waals surface area contributed by atoms with E-state index in [1.54, 1.807) is 12.3 Å². The summed E-state index contributed by atoms with van der Waals surface area (Å²) in [6.45, 7) is 6.51. The SMILES string of the molecule is C=CC(=O)C[C@H]1CN(C)C[C@H]1Nc1ncc2cc(-c3c(Cl)c(OC)cc(OC)c3Cl)nc(NCC3CCCO3)c2n1. The fourth-order valence-electron chi connectivity index (χ4n) is 5.45. The van der Waals surface area contributed by atoms with E-state index in [0.717, 1.165) is 37.9 Å². The Labute approximate surface area is 249 Å². The number of anilines is 2. The molecule has 2 N–H and O–H groups in total. The van der Waals surface area contributed by atoms with Crippen LogP contribution in [0.5, 0.6) is 11.5 Å². The van der Waals surface area contributed by atoms with Crippen molar-refractivity contribution in [3.8, 4) is 22.8 Å². The Morgan fingerprint density at radius 3 is 2.61 bits per heavy atom. The van der Waals surface area contributed by atoms with E-state index < -0.39 is 0 Å². The molecule has 218 valence electrons. The number of hydrogen-bond donors (Lipinski definition) is 2. The van der Waals surface area contributed by atoms with Crippen LogP contribution in [0.1, 0.15) is 19.3 Å². The molecule has 12 heteroatoms. The van der Waals surface area contributed by atoms with Crippen molar-refractivity contribution in [2.24, 2.45) is 5.92 Å². The van der Waals surface area contributed by atoms with Gasteiger partial charge in [0.15, 0.2) is 11.6 Å². The Balaban J connectivity index is 1.54. The first kappa shape index (κ1) is 29.3. The molecule has 41 heavy (non-hydrogen) atoms. The number of methoxy groups -OCH3 is 2. The van der Waals surface area contributed by atoms with Gasteiger partial charge in [0.05, 0.1) is 36.1 Å². The standard InChI is InChI=1S/C29H34Cl2N6O4/c1-5-18(38)9-17-14-37(2)15-21(17)35-29-33-12-16-10-20(24-25(30)22(39-3)11-23(40-4)26(24)31)34-28(27(16)36-29)32-13-19-7-6-8-41-19/h5,10-12,17,19,21H,1,6-9,13-15H2,2-4H3,(H,32,34)(H,33,35,36)/t17-,19?,21+/m0/s1. The number of halogens is 2. The summed E-state index contributed by atoms with van der Waals surface area (Å²) in [4.78, 5) is 28.7. The van der Waals surface area contributed by atoms with Crippen molar-refractivity contribution in [3.63, 3.8) is 0 Å². The van der Waals surface area contributed by atoms with Crippen LogP contribution < -0.4 is 20.1 Å². The predicted molar refractivity (Wildman–Crippen MR) is 162 cm³/mol. The number of rotatable bonds is 11. The average molecular weight is 602 g/mol. The molecule has 3 aromatic rings. The number of aromatic nitrogens is 3. The normalized spacial score (nSPS) is 20.8. The highest BCUT2D eigenvalue weighted by molar-refractivity contribution is 6.41. The van der Waals surface area contributed by atoms with Gasteiger partial charge in [0, 0.05) is 67.8 Å². The molecule has 2 fully saturated rings. The minimum absolute atomic E-state index is 0.0127. The molecule has 2 aliphatic heterocycles. The lowest BCUT2D eigenvalue weighted by Gasteiger charge is -2.20. The number of fused-ring (bicyclic) bond motifs is 1. The van der Waals surface area contributed by atoms with Crippen LogP contribution >= 0.6 is 23.2 Å². The van der Waals surface area contributed by atoms with Gasteiger partial charge in [0.25, 0.3) is 0 Å². The third-order valence-electron chi connectivity index (χ3n) is 7.55. The lowest BCUT2D eigenvalue weighted by molar-refractivity contribution is -0.115. The number of pyridine rings is 1. The van der Waals surface area contributed by atoms with Crippen molar-refractivity contribution in [1.29, 1.82) is 0 Å². The smallest absolute Gasteiger partial charge is 0.223 e. The lowest BCUT2D eigenvalue weighted by atomic mass is 9.97. The van der Waals surface area contributed by atoms with Gasteiger partial charge in [-0.2, -0.15) is 0 Å². The summed E-state index contributed by atoms with van der Waals surface area (Å²) >= 11 is 13.5. The van der Waals surface area contributed by atoms with Gasteiger partial charge in [0.2, 0.25) is 5.95 Å². The van der Waals surface area contributed by atoms with Crippen molar-refractivity contribution in [2.75, 3.05) is 58.1 Å². The Hall–Kier alpha value is -3.18. The minimum Gasteiger partial charge on any atom is -0.495 e. The number of nitrogens with one attached hydrogen (secondary N) is 2. The molecule has 0 saturated carbocycles. The van der Waals surface area contributed by atoms with E-state index in [4.69, 9.17) is 47.4 Å². The van der Waals surface area contributed by atoms with Crippen molar-refractivity contribution < 1.29 is 19.0 Å². The van der Waals surface area contributed by atoms with Crippen molar-refractivity contribution in [3.05, 3.63) is 41.0 Å². The molecule has 2 aromatic heterocycles. The van der Waals surface area contributed by atoms with E-state index in [0.29, 0.717) is 63.1 Å². The number of nitrogens with zero attached hydrogens (tertiary/aromatic N) is 4. The highest BCUT2D eigenvalue weighted by Gasteiger charge is 2.32. The van der Waals surface area contributed by atoms with Gasteiger partial charge in [-0.1, -0.05) is 29.8 Å². The number of ketones is 1. The minimum atomic E-state index is 0.0127. The molecule has 10 nitrogen and oxygen atoms in total. The monoisotopic (exact) mass is 600 g/mol. The predicted octanol–water partition coefficient (Wildman–Crippen LogP) is 5.09. The van der Waals surface area contributed by atoms with E-state index in [1.807, 2.05) is 13.1 Å². The molecule has 0 spiro atoms. The molecule has 5 rings (SSSR count). The maximum absolute atomic E-state index is 12.1. The van der Waals surface area contributed by atoms with Gasteiger partial charge >= 0.3 is 0 Å². The molecule has 0 amide bonds. The number of ether oxygens (including phenoxy) is 3. The second kappa shape index (κ2) is 12.8. The quantitative estimate of drug-likeness (QED) is 0.288. The maximum Gasteiger partial charge on any atom is 0.223 e. The van der Waals surface area contributed by atoms with Crippen LogP contribution in [0.15, 0.2) is 31.0 Å². The molecule has 1 aromatic carbocycles. The van der Waals surface area contributed by atoms with E-state index in [-0.39, 0.29) is 23.8 Å². The fourth-order valence-corrected chi connectivity index (χ4v) is 6.15. The third kappa shape index (κ3) is 6.35. The fraction of sp³-hybridized carbons (Fsp3) is 0.448. The molecule has 0 radical (unpaired) electrons. The molecule has 0 aliphatic carbocycles. The highest BCUT2D eigenvalue weighted by Crippen LogP contribution is 2.46. The highest BCUT2D eigenvalue weighted by atomic mass is 35.5. The van der Waals surface area contributed by atoms with Crippen molar-refractivity contribution in [2.45, 2.75) is 31.4 Å². The number of carbonyl (C=O) groups is 1. The zero-order valence-electron chi connectivity index (χ0n) is 23.4. The van der Waals surface area contributed by atoms with Crippen LogP contribution in [0.4, 0.5) is 11.8 Å². The Morgan fingerprint density at radius 1 is 1.20 bits per heavy atom. The summed E-state index contributed by atoms with van der Waals surface area (Å²) in [5, 5.41) is 8.28. The number of likely N-dealkylation sites (N-methyl/N-ethyl adjacent to an activating group) is 1. The Bertz CT molecular complexity index is 1420. The van der Waals surface area contributed by atoms with E-state index >= 15 is 0 Å². The summed E-state index contributed by atoms with van der Waals surface area (Å²) in [7, 11) is 5.10. The molecule has 2 aliphatic rings. The van der Waals surface area contributed by atoms with Gasteiger partial charge in [-0.25, -0.2) is 15.0 Å². The van der Waals surface area contributed by atoms with Crippen LogP contribution in [0.3, 0.4) is 0 Å². The number of carbonyl (C=O) groups excluding carboxylic acids is 1. The first-order chi connectivity index (χ1) is 19.8. The van der Waals surface area contributed by atoms with E-state index in [9.17, 15) is 4.79 Å². The molecule has 3 atom stereocenters. The van der Waals surface area contributed by atoms with Crippen molar-refractivity contribution in [1.82, 2.24) is 19.9 Å². The average Bonchev–Trinajstić information content (AvgIpc) is 3.61. The first-order valence-corrected chi connectivity index (χ1v) is 14.3. The summed E-state index contributed by atoms with van der Waals surface area (Å²) in [6, 6.07) is 3.50. The number of benzene rings is 1. The molecule has 4 heterocycles. The number of likely N-dealkylation sites (tertiary alicyclic amines) is 1. The van der Waals surface area contributed by atoms with Crippen molar-refractivity contribution >= 4 is 51.7 Å². The summed E-state index contributed by atoms with van der Waals surface area (Å²) in [5.74, 6) is 1.99. The van der Waals surface area contributed by atoms with E-state index in [2.05, 4.69) is 27.1 Å². The van der Waals surface area contributed by atoms with Gasteiger partial charge in [-0.05, 0) is 32.0 Å². The molecule has 1 unspecified atom stereocenters. The second-order valence-electron chi connectivity index (χ2n) is 10.4. The lowest BCUT2D eigenvalue weighted by Crippen LogP contribution is -2.30. The van der Waals surface area contributed by atoms with Crippen LogP contribution in [-0.2, 0) is 9.53 Å². The van der Waals surface area contributed by atoms with Crippen LogP contribution in [0.2, 0.25) is 10.0 Å². The van der Waals surface area contributed by atoms with E-state index in [1.165, 1.54) is 20.3 Å². The molecule has 0 bridgehead atoms. The van der Waals surface area contributed by atoms with Gasteiger partial charge in [-0.15, -0.1) is 0 Å². The summed E-state index contributed by atoms with van der Waals surface area (Å²) in [6.07, 6.45) is 5.62. The van der Waals surface area contributed by atoms with Crippen LogP contribution in [0.25, 0.3) is 22.2 Å². The molecular weight excluding hydrogens is 567 g/mol. The topological polar surface area (TPSA) is 111 Å². The third-order valence-corrected chi connectivity index (χ3v) is 8.30. The largest absolute Gasteiger partial charge is 0.495 e. The number of allylic oxidation sites excluding steroid dienone is 1. The van der Waals surface area contributed by atoms with Gasteiger partial charge in [0.1, 0.15) is 17.0 Å². The Kier molecular flexibility index (Phi) is 9.13. The van der Waals surface area contributed by atoms with Crippen LogP contribution in [-0.4, -0.2) is 85.3 Å². The second-order valence-corrected chi connectivity index (χ2v) is 11.2. The van der Waals surface area contributed by atoms with Crippen LogP contribution in [0, 0.1) is 5.92 Å². The van der Waals surface area contributed by atoms with Gasteiger partial charge < -0.3 is 29.7 Å². The number of hydrogen-bond acceptors (Lipinski definition) is 10.